The van der Waals surface area contributed by atoms with Crippen molar-refractivity contribution in [2.45, 2.75) is 39.0 Å². The van der Waals surface area contributed by atoms with Crippen LogP contribution in [0.5, 0.6) is 0 Å². The summed E-state index contributed by atoms with van der Waals surface area (Å²) < 4.78 is 10.6. The van der Waals surface area contributed by atoms with Gasteiger partial charge in [-0.05, 0) is 37.8 Å². The molecule has 2 N–H and O–H groups in total. The highest BCUT2D eigenvalue weighted by Gasteiger charge is 2.22. The molecule has 0 amide bonds. The van der Waals surface area contributed by atoms with Gasteiger partial charge in [-0.2, -0.15) is 0 Å². The van der Waals surface area contributed by atoms with Crippen molar-refractivity contribution in [2.75, 3.05) is 13.7 Å². The van der Waals surface area contributed by atoms with Crippen LogP contribution in [0.1, 0.15) is 26.3 Å². The quantitative estimate of drug-likeness (QED) is 0.805. The minimum Gasteiger partial charge on any atom is -0.468 e. The fraction of sp³-hybridized carbons (Fsp3) is 0.471. The van der Waals surface area contributed by atoms with E-state index < -0.39 is 6.04 Å². The monoisotopic (exact) mass is 304 g/mol. The lowest BCUT2D eigenvalue weighted by Crippen LogP contribution is -2.43. The van der Waals surface area contributed by atoms with Crippen molar-refractivity contribution in [1.82, 2.24) is 10.3 Å². The molecule has 5 heteroatoms. The topological polar surface area (TPSA) is 63.4 Å². The lowest BCUT2D eigenvalue weighted by atomic mass is 10.1. The van der Waals surface area contributed by atoms with Gasteiger partial charge in [-0.3, -0.25) is 10.1 Å². The number of H-pyrrole nitrogens is 1. The first-order valence-corrected chi connectivity index (χ1v) is 7.41. The molecule has 0 unspecified atom stereocenters. The highest BCUT2D eigenvalue weighted by atomic mass is 16.5. The van der Waals surface area contributed by atoms with Gasteiger partial charge in [0, 0.05) is 18.3 Å². The van der Waals surface area contributed by atoms with E-state index in [0.717, 1.165) is 16.5 Å². The van der Waals surface area contributed by atoms with E-state index in [9.17, 15) is 4.79 Å². The number of para-hydroxylation sites is 1. The van der Waals surface area contributed by atoms with Gasteiger partial charge in [0.1, 0.15) is 6.04 Å². The Morgan fingerprint density at radius 2 is 2.09 bits per heavy atom. The Hall–Kier alpha value is -1.85. The van der Waals surface area contributed by atoms with Crippen LogP contribution in [-0.2, 0) is 20.8 Å². The Bertz CT molecular complexity index is 628. The van der Waals surface area contributed by atoms with Crippen LogP contribution in [0, 0.1) is 0 Å². The number of methoxy groups -OCH3 is 1. The zero-order valence-electron chi connectivity index (χ0n) is 13.6. The Morgan fingerprint density at radius 3 is 2.77 bits per heavy atom. The molecule has 0 bridgehead atoms. The maximum Gasteiger partial charge on any atom is 0.325 e. The first-order valence-electron chi connectivity index (χ1n) is 7.41. The molecule has 0 aliphatic heterocycles. The Morgan fingerprint density at radius 1 is 1.32 bits per heavy atom. The Balaban J connectivity index is 2.04. The summed E-state index contributed by atoms with van der Waals surface area (Å²) in [5.74, 6) is -0.317. The average molecular weight is 304 g/mol. The van der Waals surface area contributed by atoms with E-state index in [1.807, 2.05) is 45.2 Å². The Labute approximate surface area is 131 Å². The van der Waals surface area contributed by atoms with Crippen LogP contribution in [0.3, 0.4) is 0 Å². The maximum atomic E-state index is 11.9. The molecular weight excluding hydrogens is 280 g/mol. The number of esters is 1. The molecule has 22 heavy (non-hydrogen) atoms. The molecule has 0 aliphatic rings. The molecule has 2 rings (SSSR count). The molecule has 2 aromatic rings. The third-order valence-electron chi connectivity index (χ3n) is 3.38. The summed E-state index contributed by atoms with van der Waals surface area (Å²) in [5, 5.41) is 4.37. The lowest BCUT2D eigenvalue weighted by molar-refractivity contribution is -0.146. The number of nitrogens with one attached hydrogen (secondary N) is 2. The van der Waals surface area contributed by atoms with Crippen molar-refractivity contribution >= 4 is 16.9 Å². The summed E-state index contributed by atoms with van der Waals surface area (Å²) >= 11 is 0. The SMILES string of the molecule is COC(=O)[C@H](COC(C)(C)C)NCc1cccc2cc[nH]c12. The smallest absolute Gasteiger partial charge is 0.325 e. The molecule has 1 atom stereocenters. The summed E-state index contributed by atoms with van der Waals surface area (Å²) in [7, 11) is 1.39. The highest BCUT2D eigenvalue weighted by molar-refractivity contribution is 5.82. The number of hydrogen-bond donors (Lipinski definition) is 2. The Kier molecular flexibility index (Phi) is 5.21. The largest absolute Gasteiger partial charge is 0.468 e. The molecule has 1 aromatic heterocycles. The predicted molar refractivity (Wildman–Crippen MR) is 86.6 cm³/mol. The van der Waals surface area contributed by atoms with Crippen LogP contribution in [0.25, 0.3) is 10.9 Å². The summed E-state index contributed by atoms with van der Waals surface area (Å²) in [6.07, 6.45) is 1.91. The summed E-state index contributed by atoms with van der Waals surface area (Å²) in [6.45, 7) is 6.71. The highest BCUT2D eigenvalue weighted by Crippen LogP contribution is 2.17. The third kappa shape index (κ3) is 4.32. The van der Waals surface area contributed by atoms with E-state index in [2.05, 4.69) is 16.4 Å². The first kappa shape index (κ1) is 16.5. The van der Waals surface area contributed by atoms with Gasteiger partial charge in [0.25, 0.3) is 0 Å². The van der Waals surface area contributed by atoms with Crippen molar-refractivity contribution in [2.24, 2.45) is 0 Å². The lowest BCUT2D eigenvalue weighted by Gasteiger charge is -2.24. The molecule has 0 spiro atoms. The van der Waals surface area contributed by atoms with Gasteiger partial charge in [0.2, 0.25) is 0 Å². The second-order valence-electron chi connectivity index (χ2n) is 6.24. The minimum atomic E-state index is -0.491. The van der Waals surface area contributed by atoms with E-state index in [0.29, 0.717) is 6.54 Å². The maximum absolute atomic E-state index is 11.9. The molecule has 0 fully saturated rings. The third-order valence-corrected chi connectivity index (χ3v) is 3.38. The van der Waals surface area contributed by atoms with Crippen LogP contribution >= 0.6 is 0 Å². The standard InChI is InChI=1S/C17H24N2O3/c1-17(2,3)22-11-14(16(20)21-4)19-10-13-7-5-6-12-8-9-18-15(12)13/h5-9,14,18-19H,10-11H2,1-4H3/t14-/m0/s1. The number of aromatic nitrogens is 1. The summed E-state index contributed by atoms with van der Waals surface area (Å²) in [6, 6.07) is 7.63. The molecular formula is C17H24N2O3. The van der Waals surface area contributed by atoms with E-state index in [1.54, 1.807) is 0 Å². The normalized spacial score (nSPS) is 13.3. The van der Waals surface area contributed by atoms with Gasteiger partial charge < -0.3 is 14.5 Å². The second kappa shape index (κ2) is 6.94. The molecule has 0 saturated carbocycles. The van der Waals surface area contributed by atoms with Crippen molar-refractivity contribution < 1.29 is 14.3 Å². The van der Waals surface area contributed by atoms with Gasteiger partial charge in [0.15, 0.2) is 0 Å². The van der Waals surface area contributed by atoms with Crippen molar-refractivity contribution in [1.29, 1.82) is 0 Å². The van der Waals surface area contributed by atoms with E-state index >= 15 is 0 Å². The molecule has 0 radical (unpaired) electrons. The van der Waals surface area contributed by atoms with Crippen LogP contribution < -0.4 is 5.32 Å². The van der Waals surface area contributed by atoms with Gasteiger partial charge >= 0.3 is 5.97 Å². The number of carbonyl (C=O) groups excluding carboxylic acids is 1. The van der Waals surface area contributed by atoms with Crippen LogP contribution in [-0.4, -0.2) is 36.3 Å². The molecule has 5 nitrogen and oxygen atoms in total. The van der Waals surface area contributed by atoms with Crippen LogP contribution in [0.15, 0.2) is 30.5 Å². The predicted octanol–water partition coefficient (Wildman–Crippen LogP) is 2.61. The minimum absolute atomic E-state index is 0.275. The van der Waals surface area contributed by atoms with Gasteiger partial charge in [-0.15, -0.1) is 0 Å². The van der Waals surface area contributed by atoms with Gasteiger partial charge in [-0.1, -0.05) is 18.2 Å². The average Bonchev–Trinajstić information content (AvgIpc) is 2.94. The zero-order chi connectivity index (χ0) is 16.2. The number of rotatable bonds is 6. The number of fused-ring (bicyclic) bond motifs is 1. The van der Waals surface area contributed by atoms with Crippen molar-refractivity contribution in [3.05, 3.63) is 36.0 Å². The van der Waals surface area contributed by atoms with Gasteiger partial charge in [-0.25, -0.2) is 0 Å². The summed E-state index contributed by atoms with van der Waals surface area (Å²) in [5.41, 5.74) is 1.88. The van der Waals surface area contributed by atoms with Crippen molar-refractivity contribution in [3.63, 3.8) is 0 Å². The molecule has 120 valence electrons. The zero-order valence-corrected chi connectivity index (χ0v) is 13.6. The molecule has 0 saturated heterocycles. The fourth-order valence-corrected chi connectivity index (χ4v) is 2.22. The van der Waals surface area contributed by atoms with Crippen molar-refractivity contribution in [3.8, 4) is 0 Å². The molecule has 1 heterocycles. The first-order chi connectivity index (χ1) is 10.4. The number of ether oxygens (including phenoxy) is 2. The van der Waals surface area contributed by atoms with Crippen LogP contribution in [0.2, 0.25) is 0 Å². The number of aromatic amines is 1. The number of carbonyl (C=O) groups is 1. The molecule has 1 aromatic carbocycles. The van der Waals surface area contributed by atoms with E-state index in [1.165, 1.54) is 7.11 Å². The molecule has 0 aliphatic carbocycles. The van der Waals surface area contributed by atoms with Gasteiger partial charge in [0.05, 0.1) is 19.3 Å². The van der Waals surface area contributed by atoms with E-state index in [-0.39, 0.29) is 18.2 Å². The van der Waals surface area contributed by atoms with E-state index in [4.69, 9.17) is 9.47 Å². The second-order valence-corrected chi connectivity index (χ2v) is 6.24. The number of benzene rings is 1. The van der Waals surface area contributed by atoms with Crippen LogP contribution in [0.4, 0.5) is 0 Å². The summed E-state index contributed by atoms with van der Waals surface area (Å²) in [4.78, 5) is 15.1. The fourth-order valence-electron chi connectivity index (χ4n) is 2.22. The number of hydrogen-bond acceptors (Lipinski definition) is 4.